The molecule has 0 saturated heterocycles. The molecule has 0 bridgehead atoms. The van der Waals surface area contributed by atoms with Crippen molar-refractivity contribution in [3.63, 3.8) is 0 Å². The smallest absolute Gasteiger partial charge is 0.336 e. The molecular formula is C17H12N4O2S. The van der Waals surface area contributed by atoms with Gasteiger partial charge in [0.2, 0.25) is 0 Å². The van der Waals surface area contributed by atoms with Gasteiger partial charge >= 0.3 is 5.97 Å². The van der Waals surface area contributed by atoms with Gasteiger partial charge < -0.3 is 5.11 Å². The third kappa shape index (κ3) is 2.26. The molecule has 0 aliphatic carbocycles. The van der Waals surface area contributed by atoms with Gasteiger partial charge in [0.05, 0.1) is 27.2 Å². The number of carboxylic acids is 1. The summed E-state index contributed by atoms with van der Waals surface area (Å²) in [6.45, 7) is 1.78. The monoisotopic (exact) mass is 336 g/mol. The summed E-state index contributed by atoms with van der Waals surface area (Å²) in [4.78, 5) is 21.6. The van der Waals surface area contributed by atoms with E-state index in [1.807, 2.05) is 35.7 Å². The number of aryl methyl sites for hydroxylation is 1. The van der Waals surface area contributed by atoms with Gasteiger partial charge in [-0.15, -0.1) is 11.3 Å². The molecule has 0 fully saturated rings. The van der Waals surface area contributed by atoms with Crippen molar-refractivity contribution in [2.75, 3.05) is 0 Å². The van der Waals surface area contributed by atoms with Crippen LogP contribution < -0.4 is 0 Å². The van der Waals surface area contributed by atoms with Crippen LogP contribution in [0.15, 0.2) is 48.0 Å². The molecule has 0 amide bonds. The first-order chi connectivity index (χ1) is 11.6. The Morgan fingerprint density at radius 1 is 1.25 bits per heavy atom. The van der Waals surface area contributed by atoms with Gasteiger partial charge in [0, 0.05) is 6.20 Å². The molecule has 7 heteroatoms. The van der Waals surface area contributed by atoms with E-state index in [0.29, 0.717) is 28.2 Å². The van der Waals surface area contributed by atoms with Crippen LogP contribution >= 0.6 is 11.3 Å². The highest BCUT2D eigenvalue weighted by Crippen LogP contribution is 2.30. The van der Waals surface area contributed by atoms with Gasteiger partial charge in [0.25, 0.3) is 0 Å². The number of thiophene rings is 1. The van der Waals surface area contributed by atoms with Crippen LogP contribution in [-0.4, -0.2) is 30.8 Å². The quantitative estimate of drug-likeness (QED) is 0.619. The van der Waals surface area contributed by atoms with E-state index in [2.05, 4.69) is 15.1 Å². The number of carbonyl (C=O) groups is 1. The Labute approximate surface area is 141 Å². The molecule has 0 atom stereocenters. The molecular weight excluding hydrogens is 324 g/mol. The number of carboxylic acid groups (broad SMARTS) is 1. The maximum Gasteiger partial charge on any atom is 0.336 e. The van der Waals surface area contributed by atoms with Gasteiger partial charge in [-0.2, -0.15) is 9.78 Å². The summed E-state index contributed by atoms with van der Waals surface area (Å²) >= 11 is 1.51. The van der Waals surface area contributed by atoms with E-state index < -0.39 is 5.97 Å². The second-order valence-corrected chi connectivity index (χ2v) is 6.17. The summed E-state index contributed by atoms with van der Waals surface area (Å²) in [6.07, 6.45) is 1.67. The van der Waals surface area contributed by atoms with Crippen LogP contribution in [0.1, 0.15) is 16.1 Å². The molecule has 4 rings (SSSR count). The lowest BCUT2D eigenvalue weighted by Crippen LogP contribution is -2.03. The Morgan fingerprint density at radius 2 is 2.12 bits per heavy atom. The first-order valence-corrected chi connectivity index (χ1v) is 8.12. The van der Waals surface area contributed by atoms with Gasteiger partial charge in [0.15, 0.2) is 11.5 Å². The number of rotatable bonds is 3. The lowest BCUT2D eigenvalue weighted by Gasteiger charge is -2.05. The fourth-order valence-electron chi connectivity index (χ4n) is 2.65. The number of nitrogens with zero attached hydrogens (tertiary/aromatic N) is 4. The second kappa shape index (κ2) is 5.54. The molecule has 0 saturated carbocycles. The molecule has 0 aliphatic rings. The molecule has 0 aliphatic heterocycles. The third-order valence-electron chi connectivity index (χ3n) is 3.68. The van der Waals surface area contributed by atoms with Gasteiger partial charge in [-0.25, -0.2) is 14.8 Å². The summed E-state index contributed by atoms with van der Waals surface area (Å²) in [6, 6.07) is 10.9. The van der Waals surface area contributed by atoms with Crippen LogP contribution in [0.2, 0.25) is 0 Å². The normalized spacial score (nSPS) is 11.0. The topological polar surface area (TPSA) is 80.9 Å². The van der Waals surface area contributed by atoms with E-state index in [0.717, 1.165) is 4.88 Å². The standard InChI is InChI=1S/C17H12N4O2S/c1-10-15-11(17(22)23)9-12(13-5-4-8-24-13)19-16(15)21(20-10)14-6-2-3-7-18-14/h2-9H,1H3,(H,22,23). The average molecular weight is 336 g/mol. The third-order valence-corrected chi connectivity index (χ3v) is 4.58. The number of hydrogen-bond donors (Lipinski definition) is 1. The van der Waals surface area contributed by atoms with Crippen LogP contribution in [0.25, 0.3) is 27.4 Å². The molecule has 0 spiro atoms. The fourth-order valence-corrected chi connectivity index (χ4v) is 3.33. The molecule has 24 heavy (non-hydrogen) atoms. The van der Waals surface area contributed by atoms with Gasteiger partial charge in [-0.3, -0.25) is 0 Å². The average Bonchev–Trinajstić information content (AvgIpc) is 3.23. The van der Waals surface area contributed by atoms with E-state index in [1.165, 1.54) is 11.3 Å². The van der Waals surface area contributed by atoms with Crippen molar-refractivity contribution in [1.29, 1.82) is 0 Å². The Hall–Kier alpha value is -3.06. The minimum absolute atomic E-state index is 0.197. The van der Waals surface area contributed by atoms with Crippen molar-refractivity contribution < 1.29 is 9.90 Å². The zero-order chi connectivity index (χ0) is 16.7. The molecule has 118 valence electrons. The fraction of sp³-hybridized carbons (Fsp3) is 0.0588. The number of aromatic carboxylic acids is 1. The highest BCUT2D eigenvalue weighted by atomic mass is 32.1. The SMILES string of the molecule is Cc1nn(-c2ccccn2)c2nc(-c3cccs3)cc(C(=O)O)c12. The van der Waals surface area contributed by atoms with Gasteiger partial charge in [-0.1, -0.05) is 12.1 Å². The van der Waals surface area contributed by atoms with Crippen molar-refractivity contribution >= 4 is 28.3 Å². The van der Waals surface area contributed by atoms with Crippen LogP contribution in [-0.2, 0) is 0 Å². The predicted molar refractivity (Wildman–Crippen MR) is 91.7 cm³/mol. The number of pyridine rings is 2. The lowest BCUT2D eigenvalue weighted by atomic mass is 10.1. The van der Waals surface area contributed by atoms with E-state index in [4.69, 9.17) is 0 Å². The number of aromatic nitrogens is 4. The Morgan fingerprint density at radius 3 is 2.79 bits per heavy atom. The van der Waals surface area contributed by atoms with Crippen LogP contribution in [0, 0.1) is 6.92 Å². The Kier molecular flexibility index (Phi) is 3.35. The van der Waals surface area contributed by atoms with Gasteiger partial charge in [-0.05, 0) is 36.6 Å². The summed E-state index contributed by atoms with van der Waals surface area (Å²) in [5, 5.41) is 16.6. The maximum absolute atomic E-state index is 11.8. The van der Waals surface area contributed by atoms with Crippen molar-refractivity contribution in [3.05, 3.63) is 59.2 Å². The summed E-state index contributed by atoms with van der Waals surface area (Å²) in [5.74, 6) is -0.397. The van der Waals surface area contributed by atoms with E-state index >= 15 is 0 Å². The zero-order valence-corrected chi connectivity index (χ0v) is 13.5. The summed E-state index contributed by atoms with van der Waals surface area (Å²) in [7, 11) is 0. The van der Waals surface area contributed by atoms with E-state index in [9.17, 15) is 9.90 Å². The van der Waals surface area contributed by atoms with Crippen LogP contribution in [0.4, 0.5) is 0 Å². The predicted octanol–water partition coefficient (Wildman–Crippen LogP) is 3.55. The second-order valence-electron chi connectivity index (χ2n) is 5.22. The van der Waals surface area contributed by atoms with Crippen molar-refractivity contribution in [3.8, 4) is 16.4 Å². The molecule has 0 aromatic carbocycles. The lowest BCUT2D eigenvalue weighted by molar-refractivity contribution is 0.0699. The zero-order valence-electron chi connectivity index (χ0n) is 12.7. The number of fused-ring (bicyclic) bond motifs is 1. The summed E-state index contributed by atoms with van der Waals surface area (Å²) in [5.41, 5.74) is 1.92. The Bertz CT molecular complexity index is 1040. The van der Waals surface area contributed by atoms with Crippen molar-refractivity contribution in [2.45, 2.75) is 6.92 Å². The highest BCUT2D eigenvalue weighted by molar-refractivity contribution is 7.13. The molecule has 1 N–H and O–H groups in total. The van der Waals surface area contributed by atoms with Crippen molar-refractivity contribution in [2.24, 2.45) is 0 Å². The molecule has 0 unspecified atom stereocenters. The van der Waals surface area contributed by atoms with E-state index in [-0.39, 0.29) is 5.56 Å². The van der Waals surface area contributed by atoms with Crippen LogP contribution in [0.5, 0.6) is 0 Å². The molecule has 4 aromatic heterocycles. The molecule has 4 heterocycles. The highest BCUT2D eigenvalue weighted by Gasteiger charge is 2.20. The van der Waals surface area contributed by atoms with Gasteiger partial charge in [0.1, 0.15) is 0 Å². The first kappa shape index (κ1) is 14.5. The Balaban J connectivity index is 2.08. The molecule has 0 radical (unpaired) electrons. The van der Waals surface area contributed by atoms with E-state index in [1.54, 1.807) is 23.9 Å². The largest absolute Gasteiger partial charge is 0.478 e. The minimum atomic E-state index is -0.996. The number of hydrogen-bond acceptors (Lipinski definition) is 5. The minimum Gasteiger partial charge on any atom is -0.478 e. The summed E-state index contributed by atoms with van der Waals surface area (Å²) < 4.78 is 1.59. The van der Waals surface area contributed by atoms with Crippen LogP contribution in [0.3, 0.4) is 0 Å². The molecule has 4 aromatic rings. The molecule has 6 nitrogen and oxygen atoms in total. The van der Waals surface area contributed by atoms with Crippen molar-refractivity contribution in [1.82, 2.24) is 19.7 Å². The first-order valence-electron chi connectivity index (χ1n) is 7.24. The maximum atomic E-state index is 11.8.